The average molecular weight is 416 g/mol. The Hall–Kier alpha value is -1.63. The Balaban J connectivity index is 1.36. The fourth-order valence-corrected chi connectivity index (χ4v) is 5.66. The number of benzene rings is 1. The third-order valence-electron chi connectivity index (χ3n) is 7.42. The van der Waals surface area contributed by atoms with Gasteiger partial charge in [0.15, 0.2) is 0 Å². The summed E-state index contributed by atoms with van der Waals surface area (Å²) in [5.74, 6) is 1.56. The van der Waals surface area contributed by atoms with E-state index in [9.17, 15) is 4.79 Å². The number of rotatable bonds is 7. The van der Waals surface area contributed by atoms with Gasteiger partial charge in [0.25, 0.3) is 0 Å². The number of nitrogens with zero attached hydrogens (tertiary/aromatic N) is 2. The first-order chi connectivity index (χ1) is 14.7. The molecule has 2 saturated heterocycles. The Morgan fingerprint density at radius 3 is 2.77 bits per heavy atom. The van der Waals surface area contributed by atoms with E-state index in [0.29, 0.717) is 25.1 Å². The van der Waals surface area contributed by atoms with Crippen LogP contribution in [0.3, 0.4) is 0 Å². The number of hydrogen-bond acceptors (Lipinski definition) is 5. The van der Waals surface area contributed by atoms with Crippen LogP contribution in [0.15, 0.2) is 30.3 Å². The summed E-state index contributed by atoms with van der Waals surface area (Å²) in [5, 5.41) is 3.23. The topological polar surface area (TPSA) is 54.0 Å². The second-order valence-electron chi connectivity index (χ2n) is 9.00. The molecule has 1 aromatic rings. The maximum Gasteiger partial charge on any atom is 0.227 e. The van der Waals surface area contributed by atoms with Gasteiger partial charge in [-0.15, -0.1) is 0 Å². The van der Waals surface area contributed by atoms with Gasteiger partial charge in [0.05, 0.1) is 25.2 Å². The van der Waals surface area contributed by atoms with E-state index in [1.807, 2.05) is 30.3 Å². The molecule has 0 spiro atoms. The smallest absolute Gasteiger partial charge is 0.227 e. The molecule has 1 aromatic carbocycles. The van der Waals surface area contributed by atoms with Crippen LogP contribution in [0.25, 0.3) is 0 Å². The van der Waals surface area contributed by atoms with Gasteiger partial charge in [0.1, 0.15) is 12.4 Å². The molecule has 3 atom stereocenters. The fraction of sp³-hybridized carbons (Fsp3) is 0.708. The predicted octanol–water partition coefficient (Wildman–Crippen LogP) is 2.39. The molecular formula is C24H37N3O3. The Bertz CT molecular complexity index is 680. The highest BCUT2D eigenvalue weighted by molar-refractivity contribution is 5.83. The first-order valence-corrected chi connectivity index (χ1v) is 11.7. The monoisotopic (exact) mass is 415 g/mol. The standard InChI is InChI=1S/C24H37N3O3/c1-2-26-12-9-20-18-21(27-13-16-29-17-14-27)8-10-24(20,19-26)23(28)25-11-15-30-22-6-4-3-5-7-22/h3-7,20-21H,2,8-19H2,1H3,(H,25,28)/t20-,21?,24-/m1/s1. The van der Waals surface area contributed by atoms with E-state index in [1.54, 1.807) is 0 Å². The molecule has 0 radical (unpaired) electrons. The minimum atomic E-state index is -0.246. The Labute approximate surface area is 180 Å². The third kappa shape index (κ3) is 4.82. The number of ether oxygens (including phenoxy) is 2. The first kappa shape index (κ1) is 21.6. The van der Waals surface area contributed by atoms with Crippen LogP contribution in [0.5, 0.6) is 5.75 Å². The van der Waals surface area contributed by atoms with Gasteiger partial charge in [-0.25, -0.2) is 0 Å². The van der Waals surface area contributed by atoms with Crippen LogP contribution in [-0.2, 0) is 9.53 Å². The van der Waals surface area contributed by atoms with E-state index in [2.05, 4.69) is 22.0 Å². The molecule has 1 unspecified atom stereocenters. The quantitative estimate of drug-likeness (QED) is 0.693. The summed E-state index contributed by atoms with van der Waals surface area (Å²) in [7, 11) is 0. The number of hydrogen-bond donors (Lipinski definition) is 1. The van der Waals surface area contributed by atoms with E-state index >= 15 is 0 Å². The van der Waals surface area contributed by atoms with Gasteiger partial charge in [-0.05, 0) is 56.8 Å². The van der Waals surface area contributed by atoms with Gasteiger partial charge >= 0.3 is 0 Å². The number of amides is 1. The van der Waals surface area contributed by atoms with Crippen LogP contribution in [0.2, 0.25) is 0 Å². The lowest BCUT2D eigenvalue weighted by Gasteiger charge is -2.53. The van der Waals surface area contributed by atoms with Gasteiger partial charge in [-0.2, -0.15) is 0 Å². The van der Waals surface area contributed by atoms with E-state index < -0.39 is 0 Å². The maximum absolute atomic E-state index is 13.5. The lowest BCUT2D eigenvalue weighted by atomic mass is 9.61. The van der Waals surface area contributed by atoms with Crippen molar-refractivity contribution < 1.29 is 14.3 Å². The van der Waals surface area contributed by atoms with E-state index in [0.717, 1.165) is 77.4 Å². The zero-order valence-electron chi connectivity index (χ0n) is 18.4. The largest absolute Gasteiger partial charge is 0.492 e. The normalized spacial score (nSPS) is 30.4. The molecule has 6 heteroatoms. The zero-order valence-corrected chi connectivity index (χ0v) is 18.4. The van der Waals surface area contributed by atoms with E-state index in [1.165, 1.54) is 0 Å². The Kier molecular flexibility index (Phi) is 7.28. The minimum Gasteiger partial charge on any atom is -0.492 e. The fourth-order valence-electron chi connectivity index (χ4n) is 5.66. The number of morpholine rings is 1. The van der Waals surface area contributed by atoms with Crippen LogP contribution in [0, 0.1) is 11.3 Å². The number of carbonyl (C=O) groups is 1. The molecule has 0 aromatic heterocycles. The van der Waals surface area contributed by atoms with E-state index in [4.69, 9.17) is 9.47 Å². The van der Waals surface area contributed by atoms with Crippen molar-refractivity contribution in [2.45, 2.75) is 38.6 Å². The predicted molar refractivity (Wildman–Crippen MR) is 118 cm³/mol. The Morgan fingerprint density at radius 2 is 2.00 bits per heavy atom. The summed E-state index contributed by atoms with van der Waals surface area (Å²) in [5.41, 5.74) is -0.246. The number of para-hydroxylation sites is 1. The summed E-state index contributed by atoms with van der Waals surface area (Å²) >= 11 is 0. The molecule has 166 valence electrons. The molecule has 6 nitrogen and oxygen atoms in total. The summed E-state index contributed by atoms with van der Waals surface area (Å²) in [4.78, 5) is 18.5. The molecule has 1 amide bonds. The molecule has 3 aliphatic rings. The lowest BCUT2D eigenvalue weighted by molar-refractivity contribution is -0.145. The molecule has 4 rings (SSSR count). The second kappa shape index (κ2) is 10.1. The van der Waals surface area contributed by atoms with Crippen LogP contribution in [0.4, 0.5) is 0 Å². The van der Waals surface area contributed by atoms with Crippen LogP contribution in [-0.4, -0.2) is 80.8 Å². The number of piperidine rings is 1. The molecule has 1 aliphatic carbocycles. The zero-order chi connectivity index (χ0) is 20.8. The second-order valence-corrected chi connectivity index (χ2v) is 9.00. The molecule has 30 heavy (non-hydrogen) atoms. The van der Waals surface area contributed by atoms with Gasteiger partial charge in [-0.1, -0.05) is 25.1 Å². The molecule has 3 fully saturated rings. The molecule has 2 heterocycles. The molecule has 1 saturated carbocycles. The third-order valence-corrected chi connectivity index (χ3v) is 7.42. The lowest BCUT2D eigenvalue weighted by Crippen LogP contribution is -2.61. The molecular weight excluding hydrogens is 378 g/mol. The molecule has 1 N–H and O–H groups in total. The SMILES string of the molecule is CCN1CC[C@@H]2CC(N3CCOCC3)CC[C@@]2(C(=O)NCCOc2ccccc2)C1. The van der Waals surface area contributed by atoms with Crippen LogP contribution in [0.1, 0.15) is 32.6 Å². The minimum absolute atomic E-state index is 0.239. The summed E-state index contributed by atoms with van der Waals surface area (Å²) in [6.07, 6.45) is 4.37. The highest BCUT2D eigenvalue weighted by atomic mass is 16.5. The number of likely N-dealkylation sites (tertiary alicyclic amines) is 1. The first-order valence-electron chi connectivity index (χ1n) is 11.7. The van der Waals surface area contributed by atoms with Crippen LogP contribution < -0.4 is 10.1 Å². The Morgan fingerprint density at radius 1 is 1.20 bits per heavy atom. The highest BCUT2D eigenvalue weighted by Gasteiger charge is 2.52. The van der Waals surface area contributed by atoms with Gasteiger partial charge in [0, 0.05) is 25.7 Å². The number of carbonyl (C=O) groups excluding carboxylic acids is 1. The van der Waals surface area contributed by atoms with Crippen molar-refractivity contribution in [3.05, 3.63) is 30.3 Å². The number of nitrogens with one attached hydrogen (secondary N) is 1. The van der Waals surface area contributed by atoms with Crippen molar-refractivity contribution in [3.8, 4) is 5.75 Å². The summed E-state index contributed by atoms with van der Waals surface area (Å²) < 4.78 is 11.3. The van der Waals surface area contributed by atoms with Crippen molar-refractivity contribution in [1.82, 2.24) is 15.1 Å². The van der Waals surface area contributed by atoms with E-state index in [-0.39, 0.29) is 11.3 Å². The van der Waals surface area contributed by atoms with Crippen molar-refractivity contribution in [1.29, 1.82) is 0 Å². The molecule has 2 aliphatic heterocycles. The average Bonchev–Trinajstić information content (AvgIpc) is 2.82. The highest BCUT2D eigenvalue weighted by Crippen LogP contribution is 2.47. The van der Waals surface area contributed by atoms with Gasteiger partial charge < -0.3 is 19.7 Å². The van der Waals surface area contributed by atoms with Gasteiger partial charge in [0.2, 0.25) is 5.91 Å². The van der Waals surface area contributed by atoms with Crippen molar-refractivity contribution >= 4 is 5.91 Å². The summed E-state index contributed by atoms with van der Waals surface area (Å²) in [6.45, 7) is 10.1. The number of fused-ring (bicyclic) bond motifs is 1. The maximum atomic E-state index is 13.5. The van der Waals surface area contributed by atoms with Crippen molar-refractivity contribution in [2.24, 2.45) is 11.3 Å². The van der Waals surface area contributed by atoms with Crippen LogP contribution >= 0.6 is 0 Å². The molecule has 0 bridgehead atoms. The van der Waals surface area contributed by atoms with Gasteiger partial charge in [-0.3, -0.25) is 9.69 Å². The van der Waals surface area contributed by atoms with Crippen molar-refractivity contribution in [2.75, 3.05) is 59.1 Å². The summed E-state index contributed by atoms with van der Waals surface area (Å²) in [6, 6.07) is 10.4. The van der Waals surface area contributed by atoms with Crippen molar-refractivity contribution in [3.63, 3.8) is 0 Å².